The molecule has 0 bridgehead atoms. The third-order valence-corrected chi connectivity index (χ3v) is 8.04. The van der Waals surface area contributed by atoms with Crippen LogP contribution < -0.4 is 4.31 Å². The van der Waals surface area contributed by atoms with Crippen molar-refractivity contribution in [3.05, 3.63) is 95.1 Å². The van der Waals surface area contributed by atoms with Gasteiger partial charge in [0.05, 0.1) is 10.6 Å². The molecule has 0 aliphatic carbocycles. The molecular weight excluding hydrogens is 442 g/mol. The molecule has 0 radical (unpaired) electrons. The average Bonchev–Trinajstić information content (AvgIpc) is 2.79. The summed E-state index contributed by atoms with van der Waals surface area (Å²) in [4.78, 5) is 2.24. The molecule has 0 saturated carbocycles. The first-order valence-electron chi connectivity index (χ1n) is 11.1. The van der Waals surface area contributed by atoms with Crippen molar-refractivity contribution in [2.75, 3.05) is 17.4 Å². The van der Waals surface area contributed by atoms with Gasteiger partial charge >= 0.3 is 0 Å². The van der Waals surface area contributed by atoms with Crippen LogP contribution in [0, 0.1) is 25.5 Å². The maximum Gasteiger partial charge on any atom is 0.264 e. The Morgan fingerprint density at radius 1 is 0.879 bits per heavy atom. The van der Waals surface area contributed by atoms with Gasteiger partial charge < -0.3 is 0 Å². The smallest absolute Gasteiger partial charge is 0.264 e. The van der Waals surface area contributed by atoms with E-state index in [9.17, 15) is 17.2 Å². The molecular formula is C26H28F2N2O2S. The van der Waals surface area contributed by atoms with Gasteiger partial charge in [0.2, 0.25) is 0 Å². The molecule has 1 heterocycles. The number of anilines is 1. The zero-order valence-corrected chi connectivity index (χ0v) is 19.7. The minimum Gasteiger partial charge on any atom is -0.299 e. The normalized spacial score (nSPS) is 15.5. The minimum atomic E-state index is -3.78. The summed E-state index contributed by atoms with van der Waals surface area (Å²) in [5.74, 6) is -1.11. The van der Waals surface area contributed by atoms with Gasteiger partial charge in [-0.1, -0.05) is 35.9 Å². The summed E-state index contributed by atoms with van der Waals surface area (Å²) < 4.78 is 57.2. The van der Waals surface area contributed by atoms with Crippen molar-refractivity contribution in [1.82, 2.24) is 4.90 Å². The zero-order valence-electron chi connectivity index (χ0n) is 18.8. The molecule has 3 aromatic rings. The molecule has 0 amide bonds. The second kappa shape index (κ2) is 9.61. The molecule has 1 aliphatic heterocycles. The van der Waals surface area contributed by atoms with Crippen LogP contribution in [0.25, 0.3) is 0 Å². The first-order valence-corrected chi connectivity index (χ1v) is 12.5. The lowest BCUT2D eigenvalue weighted by molar-refractivity contribution is 0.202. The third-order valence-electron chi connectivity index (χ3n) is 6.17. The number of hydrogen-bond acceptors (Lipinski definition) is 3. The fourth-order valence-corrected chi connectivity index (χ4v) is 6.16. The van der Waals surface area contributed by atoms with E-state index in [1.807, 2.05) is 49.1 Å². The van der Waals surface area contributed by atoms with Gasteiger partial charge in [-0.3, -0.25) is 9.21 Å². The standard InChI is InChI=1S/C26H28F2N2O2S/c1-19-9-11-21(12-10-19)30(33(31,32)23-6-3-5-20(2)17-23)22-13-15-29(16-14-22)18-24-25(27)7-4-8-26(24)28/h3-12,17,22H,13-16,18H2,1-2H3. The number of sulfonamides is 1. The number of nitrogens with zero attached hydrogens (tertiary/aromatic N) is 2. The van der Waals surface area contributed by atoms with E-state index in [-0.39, 0.29) is 23.0 Å². The number of likely N-dealkylation sites (tertiary alicyclic amines) is 1. The van der Waals surface area contributed by atoms with Crippen molar-refractivity contribution < 1.29 is 17.2 Å². The van der Waals surface area contributed by atoms with Crippen LogP contribution in [0.15, 0.2) is 71.6 Å². The molecule has 0 N–H and O–H groups in total. The van der Waals surface area contributed by atoms with Gasteiger partial charge in [-0.25, -0.2) is 17.2 Å². The zero-order chi connectivity index (χ0) is 23.6. The second-order valence-corrected chi connectivity index (χ2v) is 10.5. The molecule has 4 nitrogen and oxygen atoms in total. The Labute approximate surface area is 194 Å². The quantitative estimate of drug-likeness (QED) is 0.482. The number of piperidine rings is 1. The van der Waals surface area contributed by atoms with E-state index in [1.165, 1.54) is 22.5 Å². The van der Waals surface area contributed by atoms with Gasteiger partial charge in [-0.2, -0.15) is 0 Å². The molecule has 0 aromatic heterocycles. The van der Waals surface area contributed by atoms with Crippen LogP contribution in [-0.2, 0) is 16.6 Å². The lowest BCUT2D eigenvalue weighted by Gasteiger charge is -2.39. The summed E-state index contributed by atoms with van der Waals surface area (Å²) >= 11 is 0. The van der Waals surface area contributed by atoms with Gasteiger partial charge in [-0.15, -0.1) is 0 Å². The van der Waals surface area contributed by atoms with Gasteiger partial charge in [-0.05, 0) is 68.7 Å². The Balaban J connectivity index is 1.59. The molecule has 0 spiro atoms. The summed E-state index contributed by atoms with van der Waals surface area (Å²) in [5.41, 5.74) is 2.61. The van der Waals surface area contributed by atoms with Crippen LogP contribution in [0.1, 0.15) is 29.5 Å². The van der Waals surface area contributed by atoms with Gasteiger partial charge in [0, 0.05) is 31.2 Å². The molecule has 0 atom stereocenters. The highest BCUT2D eigenvalue weighted by atomic mass is 32.2. The minimum absolute atomic E-state index is 0.0544. The predicted octanol–water partition coefficient (Wildman–Crippen LogP) is 5.44. The SMILES string of the molecule is Cc1ccc(N(C2CCN(Cc3c(F)cccc3F)CC2)S(=O)(=O)c2cccc(C)c2)cc1. The predicted molar refractivity (Wildman–Crippen MR) is 127 cm³/mol. The molecule has 33 heavy (non-hydrogen) atoms. The van der Waals surface area contributed by atoms with Crippen LogP contribution in [0.3, 0.4) is 0 Å². The topological polar surface area (TPSA) is 40.6 Å². The fourth-order valence-electron chi connectivity index (χ4n) is 4.35. The maximum absolute atomic E-state index is 14.1. The van der Waals surface area contributed by atoms with Gasteiger partial charge in [0.1, 0.15) is 11.6 Å². The van der Waals surface area contributed by atoms with E-state index in [2.05, 4.69) is 0 Å². The molecule has 174 valence electrons. The number of hydrogen-bond donors (Lipinski definition) is 0. The van der Waals surface area contributed by atoms with E-state index >= 15 is 0 Å². The molecule has 1 saturated heterocycles. The van der Waals surface area contributed by atoms with Crippen molar-refractivity contribution in [1.29, 1.82) is 0 Å². The Hall–Kier alpha value is -2.77. The molecule has 3 aromatic carbocycles. The van der Waals surface area contributed by atoms with E-state index < -0.39 is 21.7 Å². The lowest BCUT2D eigenvalue weighted by atomic mass is 10.0. The largest absolute Gasteiger partial charge is 0.299 e. The summed E-state index contributed by atoms with van der Waals surface area (Å²) in [6.45, 7) is 5.09. The summed E-state index contributed by atoms with van der Waals surface area (Å²) in [5, 5.41) is 0. The monoisotopic (exact) mass is 470 g/mol. The summed E-state index contributed by atoms with van der Waals surface area (Å²) in [6.07, 6.45) is 1.13. The third kappa shape index (κ3) is 5.09. The molecule has 0 unspecified atom stereocenters. The number of rotatable bonds is 6. The summed E-state index contributed by atoms with van der Waals surface area (Å²) in [6, 6.07) is 18.1. The van der Waals surface area contributed by atoms with Gasteiger partial charge in [0.15, 0.2) is 0 Å². The highest BCUT2D eigenvalue weighted by molar-refractivity contribution is 7.92. The Bertz CT molecular complexity index is 1200. The van der Waals surface area contributed by atoms with Crippen LogP contribution >= 0.6 is 0 Å². The van der Waals surface area contributed by atoms with E-state index in [0.717, 1.165) is 11.1 Å². The molecule has 1 aliphatic rings. The number of halogens is 2. The van der Waals surface area contributed by atoms with Crippen molar-refractivity contribution in [2.24, 2.45) is 0 Å². The summed E-state index contributed by atoms with van der Waals surface area (Å²) in [7, 11) is -3.78. The molecule has 7 heteroatoms. The number of aryl methyl sites for hydroxylation is 2. The first kappa shape index (κ1) is 23.4. The first-order chi connectivity index (χ1) is 15.8. The molecule has 1 fully saturated rings. The van der Waals surface area contributed by atoms with Crippen molar-refractivity contribution >= 4 is 15.7 Å². The van der Waals surface area contributed by atoms with E-state index in [0.29, 0.717) is 31.6 Å². The maximum atomic E-state index is 14.1. The van der Waals surface area contributed by atoms with Crippen molar-refractivity contribution in [3.63, 3.8) is 0 Å². The van der Waals surface area contributed by atoms with Crippen LogP contribution in [0.4, 0.5) is 14.5 Å². The highest BCUT2D eigenvalue weighted by Crippen LogP contribution is 2.31. The van der Waals surface area contributed by atoms with Crippen molar-refractivity contribution in [2.45, 2.75) is 44.2 Å². The Morgan fingerprint density at radius 2 is 1.48 bits per heavy atom. The number of benzene rings is 3. The van der Waals surface area contributed by atoms with E-state index in [1.54, 1.807) is 18.2 Å². The highest BCUT2D eigenvalue weighted by Gasteiger charge is 2.34. The molecule has 4 rings (SSSR count). The van der Waals surface area contributed by atoms with Gasteiger partial charge in [0.25, 0.3) is 10.0 Å². The Morgan fingerprint density at radius 3 is 2.09 bits per heavy atom. The van der Waals surface area contributed by atoms with E-state index in [4.69, 9.17) is 0 Å². The van der Waals surface area contributed by atoms with Crippen LogP contribution in [0.2, 0.25) is 0 Å². The second-order valence-electron chi connectivity index (χ2n) is 8.66. The Kier molecular flexibility index (Phi) is 6.81. The van der Waals surface area contributed by atoms with Crippen molar-refractivity contribution in [3.8, 4) is 0 Å². The fraction of sp³-hybridized carbons (Fsp3) is 0.308. The van der Waals surface area contributed by atoms with Crippen LogP contribution in [-0.4, -0.2) is 32.4 Å². The lowest BCUT2D eigenvalue weighted by Crippen LogP contribution is -2.47. The average molecular weight is 471 g/mol. The van der Waals surface area contributed by atoms with Crippen LogP contribution in [0.5, 0.6) is 0 Å².